The van der Waals surface area contributed by atoms with Crippen molar-refractivity contribution in [1.82, 2.24) is 4.90 Å². The molecular weight excluding hydrogens is 413 g/mol. The van der Waals surface area contributed by atoms with E-state index in [2.05, 4.69) is 0 Å². The van der Waals surface area contributed by atoms with Crippen LogP contribution in [0.15, 0.2) is 47.4 Å². The second-order valence-corrected chi connectivity index (χ2v) is 6.81. The van der Waals surface area contributed by atoms with Crippen molar-refractivity contribution < 1.29 is 32.4 Å². The number of nitrogens with zero attached hydrogens (tertiary/aromatic N) is 2. The van der Waals surface area contributed by atoms with Crippen LogP contribution in [0.5, 0.6) is 11.5 Å². The Morgan fingerprint density at radius 3 is 2.41 bits per heavy atom. The van der Waals surface area contributed by atoms with E-state index in [9.17, 15) is 32.9 Å². The highest BCUT2D eigenvalue weighted by molar-refractivity contribution is 8.18. The zero-order chi connectivity index (χ0) is 21.3. The fourth-order valence-corrected chi connectivity index (χ4v) is 3.24. The number of ether oxygens (including phenoxy) is 1. The molecule has 11 heteroatoms. The van der Waals surface area contributed by atoms with E-state index in [-0.39, 0.29) is 10.7 Å². The van der Waals surface area contributed by atoms with E-state index < -0.39 is 39.2 Å². The molecule has 0 spiro atoms. The summed E-state index contributed by atoms with van der Waals surface area (Å²) in [6.45, 7) is 0. The number of imide groups is 1. The minimum absolute atomic E-state index is 0.0678. The lowest BCUT2D eigenvalue weighted by Gasteiger charge is -2.11. The molecular formula is C18H11F3N2O5S. The van der Waals surface area contributed by atoms with Gasteiger partial charge in [0.05, 0.1) is 15.4 Å². The maximum atomic E-state index is 12.8. The lowest BCUT2D eigenvalue weighted by molar-refractivity contribution is -0.385. The molecule has 0 aromatic heterocycles. The molecule has 150 valence electrons. The van der Waals surface area contributed by atoms with Gasteiger partial charge in [-0.25, -0.2) is 0 Å². The molecule has 1 saturated heterocycles. The Morgan fingerprint density at radius 2 is 1.83 bits per heavy atom. The molecule has 1 heterocycles. The van der Waals surface area contributed by atoms with Crippen LogP contribution in [0.1, 0.15) is 11.1 Å². The molecule has 2 aromatic carbocycles. The first kappa shape index (κ1) is 20.4. The lowest BCUT2D eigenvalue weighted by atomic mass is 10.1. The number of benzene rings is 2. The predicted octanol–water partition coefficient (Wildman–Crippen LogP) is 5.07. The quantitative estimate of drug-likeness (QED) is 0.387. The molecule has 0 N–H and O–H groups in total. The first-order valence-corrected chi connectivity index (χ1v) is 8.73. The molecule has 1 aliphatic rings. The number of alkyl halides is 3. The highest BCUT2D eigenvalue weighted by atomic mass is 32.2. The van der Waals surface area contributed by atoms with Crippen molar-refractivity contribution in [2.45, 2.75) is 6.18 Å². The summed E-state index contributed by atoms with van der Waals surface area (Å²) >= 11 is 0.714. The van der Waals surface area contributed by atoms with Crippen molar-refractivity contribution in [3.63, 3.8) is 0 Å². The number of likely N-dealkylation sites (N-methyl/N-ethyl adjacent to an activating group) is 1. The third-order valence-electron chi connectivity index (χ3n) is 3.90. The molecule has 2 amide bonds. The van der Waals surface area contributed by atoms with E-state index in [1.807, 2.05) is 0 Å². The van der Waals surface area contributed by atoms with Gasteiger partial charge >= 0.3 is 11.9 Å². The highest BCUT2D eigenvalue weighted by Crippen LogP contribution is 2.39. The number of nitro groups is 1. The Balaban J connectivity index is 2.00. The summed E-state index contributed by atoms with van der Waals surface area (Å²) < 4.78 is 44.0. The molecule has 0 radical (unpaired) electrons. The summed E-state index contributed by atoms with van der Waals surface area (Å²) in [5, 5.41) is 10.8. The molecule has 0 atom stereocenters. The van der Waals surface area contributed by atoms with E-state index in [0.717, 1.165) is 11.0 Å². The molecule has 0 aliphatic carbocycles. The first-order chi connectivity index (χ1) is 13.6. The maximum Gasteiger partial charge on any atom is 0.416 e. The number of rotatable bonds is 4. The van der Waals surface area contributed by atoms with Gasteiger partial charge in [-0.1, -0.05) is 18.2 Å². The molecule has 1 aliphatic heterocycles. The Kier molecular flexibility index (Phi) is 5.33. The number of hydrogen-bond acceptors (Lipinski definition) is 6. The van der Waals surface area contributed by atoms with Gasteiger partial charge in [0.2, 0.25) is 5.75 Å². The third kappa shape index (κ3) is 4.24. The summed E-state index contributed by atoms with van der Waals surface area (Å²) in [4.78, 5) is 35.0. The fraction of sp³-hybridized carbons (Fsp3) is 0.111. The van der Waals surface area contributed by atoms with Crippen molar-refractivity contribution >= 4 is 34.7 Å². The topological polar surface area (TPSA) is 89.8 Å². The van der Waals surface area contributed by atoms with Crippen molar-refractivity contribution in [3.05, 3.63) is 68.6 Å². The summed E-state index contributed by atoms with van der Waals surface area (Å²) in [7, 11) is 1.33. The van der Waals surface area contributed by atoms with Gasteiger partial charge in [-0.15, -0.1) is 0 Å². The van der Waals surface area contributed by atoms with Gasteiger partial charge < -0.3 is 4.74 Å². The Morgan fingerprint density at radius 1 is 1.14 bits per heavy atom. The SMILES string of the molecule is CN1C(=O)S/C(=C/c2ccccc2Oc2ccc(C(F)(F)F)cc2[N+](=O)[O-])C1=O. The zero-order valence-electron chi connectivity index (χ0n) is 14.6. The molecule has 1 fully saturated rings. The maximum absolute atomic E-state index is 12.8. The molecule has 0 saturated carbocycles. The van der Waals surface area contributed by atoms with Crippen LogP contribution in [-0.4, -0.2) is 28.0 Å². The van der Waals surface area contributed by atoms with Crippen molar-refractivity contribution in [1.29, 1.82) is 0 Å². The summed E-state index contributed by atoms with van der Waals surface area (Å²) in [6, 6.07) is 8.05. The van der Waals surface area contributed by atoms with Crippen LogP contribution in [0.25, 0.3) is 6.08 Å². The Bertz CT molecular complexity index is 1050. The number of para-hydroxylation sites is 1. The van der Waals surface area contributed by atoms with Crippen molar-refractivity contribution in [2.24, 2.45) is 0 Å². The van der Waals surface area contributed by atoms with Crippen LogP contribution >= 0.6 is 11.8 Å². The van der Waals surface area contributed by atoms with E-state index >= 15 is 0 Å². The standard InChI is InChI=1S/C18H11F3N2O5S/c1-22-16(24)15(29-17(22)25)8-10-4-2-3-5-13(10)28-14-7-6-11(18(19,20)21)9-12(14)23(26)27/h2-9H,1H3/b15-8+. The lowest BCUT2D eigenvalue weighted by Crippen LogP contribution is -2.22. The fourth-order valence-electron chi connectivity index (χ4n) is 2.42. The van der Waals surface area contributed by atoms with Crippen LogP contribution in [0.4, 0.5) is 23.7 Å². The second kappa shape index (κ2) is 7.59. The highest BCUT2D eigenvalue weighted by Gasteiger charge is 2.34. The Labute approximate surface area is 165 Å². The van der Waals surface area contributed by atoms with Crippen LogP contribution in [0, 0.1) is 10.1 Å². The third-order valence-corrected chi connectivity index (χ3v) is 4.86. The van der Waals surface area contributed by atoms with Crippen LogP contribution in [0.3, 0.4) is 0 Å². The number of carbonyl (C=O) groups excluding carboxylic acids is 2. The predicted molar refractivity (Wildman–Crippen MR) is 98.3 cm³/mol. The van der Waals surface area contributed by atoms with Gasteiger partial charge in [0.1, 0.15) is 5.75 Å². The number of amides is 2. The smallest absolute Gasteiger partial charge is 0.416 e. The molecule has 7 nitrogen and oxygen atoms in total. The van der Waals surface area contributed by atoms with Crippen molar-refractivity contribution in [3.8, 4) is 11.5 Å². The molecule has 3 rings (SSSR count). The normalized spacial score (nSPS) is 15.9. The van der Waals surface area contributed by atoms with Crippen LogP contribution in [-0.2, 0) is 11.0 Å². The summed E-state index contributed by atoms with van der Waals surface area (Å²) in [5.41, 5.74) is -1.72. The minimum Gasteiger partial charge on any atom is -0.449 e. The number of thioether (sulfide) groups is 1. The number of halogens is 3. The Hall–Kier alpha value is -3.34. The van der Waals surface area contributed by atoms with E-state index in [1.54, 1.807) is 12.1 Å². The average Bonchev–Trinajstić information content (AvgIpc) is 2.89. The van der Waals surface area contributed by atoms with E-state index in [0.29, 0.717) is 29.5 Å². The molecule has 0 bridgehead atoms. The van der Waals surface area contributed by atoms with E-state index in [4.69, 9.17) is 4.74 Å². The van der Waals surface area contributed by atoms with Gasteiger partial charge in [-0.05, 0) is 36.0 Å². The zero-order valence-corrected chi connectivity index (χ0v) is 15.4. The van der Waals surface area contributed by atoms with Crippen molar-refractivity contribution in [2.75, 3.05) is 7.05 Å². The minimum atomic E-state index is -4.75. The monoisotopic (exact) mass is 424 g/mol. The second-order valence-electron chi connectivity index (χ2n) is 5.82. The number of hydrogen-bond donors (Lipinski definition) is 0. The largest absolute Gasteiger partial charge is 0.449 e. The summed E-state index contributed by atoms with van der Waals surface area (Å²) in [5.74, 6) is -0.846. The number of nitro benzene ring substituents is 1. The molecule has 2 aromatic rings. The van der Waals surface area contributed by atoms with Gasteiger partial charge in [0.25, 0.3) is 11.1 Å². The van der Waals surface area contributed by atoms with Crippen LogP contribution < -0.4 is 4.74 Å². The van der Waals surface area contributed by atoms with Gasteiger partial charge in [-0.2, -0.15) is 13.2 Å². The number of carbonyl (C=O) groups is 2. The molecule has 29 heavy (non-hydrogen) atoms. The first-order valence-electron chi connectivity index (χ1n) is 7.92. The summed E-state index contributed by atoms with van der Waals surface area (Å²) in [6.07, 6.45) is -3.37. The van der Waals surface area contributed by atoms with Gasteiger partial charge in [0.15, 0.2) is 0 Å². The van der Waals surface area contributed by atoms with Gasteiger partial charge in [-0.3, -0.25) is 24.6 Å². The van der Waals surface area contributed by atoms with Gasteiger partial charge in [0, 0.05) is 18.7 Å². The van der Waals surface area contributed by atoms with Crippen LogP contribution in [0.2, 0.25) is 0 Å². The van der Waals surface area contributed by atoms with E-state index in [1.165, 1.54) is 25.3 Å². The molecule has 0 unspecified atom stereocenters. The average molecular weight is 424 g/mol.